The number of carbonyl (C=O) groups excluding carboxylic acids is 2. The standard InChI is InChI=1S/C29H28ClNO6/c1-5-36-20-8-9-21(24(15-20)37-6-2)27(33)25-26(18-7-10-23(32)22(30)14-18)31(29(35)28(25)34)19-12-16(3)11-17(4)13-19/h7-15,26,32-33H,5-6H2,1-4H3/b27-25-. The molecule has 3 aromatic carbocycles. The average Bonchev–Trinajstić information content (AvgIpc) is 3.11. The van der Waals surface area contributed by atoms with E-state index >= 15 is 0 Å². The molecule has 0 bridgehead atoms. The Kier molecular flexibility index (Phi) is 7.45. The van der Waals surface area contributed by atoms with Crippen LogP contribution in [0.1, 0.15) is 42.1 Å². The second-order valence-electron chi connectivity index (χ2n) is 8.75. The Labute approximate surface area is 220 Å². The summed E-state index contributed by atoms with van der Waals surface area (Å²) in [6.07, 6.45) is 0. The van der Waals surface area contributed by atoms with Gasteiger partial charge in [-0.3, -0.25) is 14.5 Å². The fourth-order valence-corrected chi connectivity index (χ4v) is 4.76. The van der Waals surface area contributed by atoms with E-state index in [1.807, 2.05) is 26.8 Å². The number of hydrogen-bond acceptors (Lipinski definition) is 6. The Bertz CT molecular complexity index is 1390. The topological polar surface area (TPSA) is 96.3 Å². The van der Waals surface area contributed by atoms with Crippen LogP contribution in [0.3, 0.4) is 0 Å². The van der Waals surface area contributed by atoms with E-state index in [0.717, 1.165) is 11.1 Å². The van der Waals surface area contributed by atoms with Gasteiger partial charge < -0.3 is 19.7 Å². The van der Waals surface area contributed by atoms with Crippen molar-refractivity contribution >= 4 is 34.7 Å². The summed E-state index contributed by atoms with van der Waals surface area (Å²) in [4.78, 5) is 28.3. The number of nitrogens with zero attached hydrogens (tertiary/aromatic N) is 1. The highest BCUT2D eigenvalue weighted by Gasteiger charge is 2.47. The molecule has 37 heavy (non-hydrogen) atoms. The molecule has 1 amide bonds. The first-order valence-corrected chi connectivity index (χ1v) is 12.3. The summed E-state index contributed by atoms with van der Waals surface area (Å²) < 4.78 is 11.3. The molecule has 1 heterocycles. The van der Waals surface area contributed by atoms with E-state index < -0.39 is 17.7 Å². The number of aliphatic hydroxyl groups excluding tert-OH is 1. The van der Waals surface area contributed by atoms with Crippen LogP contribution in [0, 0.1) is 13.8 Å². The van der Waals surface area contributed by atoms with Crippen molar-refractivity contribution in [3.05, 3.63) is 87.4 Å². The van der Waals surface area contributed by atoms with Gasteiger partial charge >= 0.3 is 0 Å². The largest absolute Gasteiger partial charge is 0.507 e. The third-order valence-corrected chi connectivity index (χ3v) is 6.34. The van der Waals surface area contributed by atoms with E-state index in [1.54, 1.807) is 43.3 Å². The number of halogens is 1. The average molecular weight is 522 g/mol. The van der Waals surface area contributed by atoms with Gasteiger partial charge in [-0.05, 0) is 80.8 Å². The number of amides is 1. The quantitative estimate of drug-likeness (QED) is 0.222. The highest BCUT2D eigenvalue weighted by atomic mass is 35.5. The summed E-state index contributed by atoms with van der Waals surface area (Å²) in [5.74, 6) is -1.30. The monoisotopic (exact) mass is 521 g/mol. The summed E-state index contributed by atoms with van der Waals surface area (Å²) in [6.45, 7) is 8.20. The van der Waals surface area contributed by atoms with E-state index in [0.29, 0.717) is 36.0 Å². The van der Waals surface area contributed by atoms with Crippen LogP contribution in [0.2, 0.25) is 5.02 Å². The van der Waals surface area contributed by atoms with Gasteiger partial charge in [-0.15, -0.1) is 0 Å². The minimum atomic E-state index is -1.000. The van der Waals surface area contributed by atoms with Gasteiger partial charge in [0.25, 0.3) is 11.7 Å². The van der Waals surface area contributed by atoms with Crippen LogP contribution in [0.25, 0.3) is 5.76 Å². The maximum absolute atomic E-state index is 13.5. The summed E-state index contributed by atoms with van der Waals surface area (Å²) in [7, 11) is 0. The van der Waals surface area contributed by atoms with Gasteiger partial charge in [-0.25, -0.2) is 0 Å². The van der Waals surface area contributed by atoms with Gasteiger partial charge in [0.1, 0.15) is 23.0 Å². The highest BCUT2D eigenvalue weighted by molar-refractivity contribution is 6.51. The van der Waals surface area contributed by atoms with Gasteiger partial charge in [0.2, 0.25) is 0 Å². The number of phenols is 1. The SMILES string of the molecule is CCOc1ccc(/C(O)=C2/C(=O)C(=O)N(c3cc(C)cc(C)c3)C2c2ccc(O)c(Cl)c2)c(OCC)c1. The minimum Gasteiger partial charge on any atom is -0.507 e. The zero-order chi connectivity index (χ0) is 26.9. The number of rotatable bonds is 7. The molecule has 0 aliphatic carbocycles. The second-order valence-corrected chi connectivity index (χ2v) is 9.16. The van der Waals surface area contributed by atoms with E-state index in [4.69, 9.17) is 21.1 Å². The van der Waals surface area contributed by atoms with Crippen LogP contribution < -0.4 is 14.4 Å². The zero-order valence-electron chi connectivity index (χ0n) is 21.0. The first kappa shape index (κ1) is 26.1. The number of benzene rings is 3. The molecular formula is C29H28ClNO6. The molecule has 1 saturated heterocycles. The van der Waals surface area contributed by atoms with Crippen molar-refractivity contribution in [3.63, 3.8) is 0 Å². The van der Waals surface area contributed by atoms with Gasteiger partial charge in [0.05, 0.1) is 35.4 Å². The predicted molar refractivity (Wildman–Crippen MR) is 143 cm³/mol. The van der Waals surface area contributed by atoms with Crippen LogP contribution in [-0.2, 0) is 9.59 Å². The minimum absolute atomic E-state index is 0.0552. The third kappa shape index (κ3) is 5.00. The molecule has 7 nitrogen and oxygen atoms in total. The van der Waals surface area contributed by atoms with E-state index in [1.165, 1.54) is 17.0 Å². The molecular weight excluding hydrogens is 494 g/mol. The van der Waals surface area contributed by atoms with Crippen LogP contribution in [0.4, 0.5) is 5.69 Å². The lowest BCUT2D eigenvalue weighted by Gasteiger charge is -2.26. The first-order valence-electron chi connectivity index (χ1n) is 11.9. The molecule has 0 saturated carbocycles. The Morgan fingerprint density at radius 2 is 1.62 bits per heavy atom. The van der Waals surface area contributed by atoms with Crippen molar-refractivity contribution in [1.29, 1.82) is 0 Å². The molecule has 3 aromatic rings. The van der Waals surface area contributed by atoms with Gasteiger partial charge in [0.15, 0.2) is 0 Å². The number of carbonyl (C=O) groups is 2. The molecule has 1 aliphatic heterocycles. The van der Waals surface area contributed by atoms with E-state index in [9.17, 15) is 19.8 Å². The zero-order valence-corrected chi connectivity index (χ0v) is 21.8. The fourth-order valence-electron chi connectivity index (χ4n) is 4.57. The van der Waals surface area contributed by atoms with Gasteiger partial charge in [-0.1, -0.05) is 23.7 Å². The number of aliphatic hydroxyl groups is 1. The number of ketones is 1. The maximum atomic E-state index is 13.5. The summed E-state index contributed by atoms with van der Waals surface area (Å²) in [6, 6.07) is 13.9. The number of aromatic hydroxyl groups is 1. The molecule has 0 radical (unpaired) electrons. The number of anilines is 1. The lowest BCUT2D eigenvalue weighted by Crippen LogP contribution is -2.29. The molecule has 1 unspecified atom stereocenters. The summed E-state index contributed by atoms with van der Waals surface area (Å²) >= 11 is 6.22. The number of ether oxygens (including phenoxy) is 2. The normalized spacial score (nSPS) is 16.8. The number of hydrogen-bond donors (Lipinski definition) is 2. The Hall–Kier alpha value is -3.97. The van der Waals surface area contributed by atoms with Crippen LogP contribution in [0.5, 0.6) is 17.2 Å². The van der Waals surface area contributed by atoms with E-state index in [2.05, 4.69) is 0 Å². The maximum Gasteiger partial charge on any atom is 0.300 e. The number of aryl methyl sites for hydroxylation is 2. The van der Waals surface area contributed by atoms with Crippen LogP contribution in [-0.4, -0.2) is 35.1 Å². The highest BCUT2D eigenvalue weighted by Crippen LogP contribution is 2.45. The lowest BCUT2D eigenvalue weighted by molar-refractivity contribution is -0.132. The molecule has 1 aliphatic rings. The smallest absolute Gasteiger partial charge is 0.300 e. The molecule has 0 aromatic heterocycles. The Balaban J connectivity index is 1.98. The molecule has 1 atom stereocenters. The first-order chi connectivity index (χ1) is 17.7. The second kappa shape index (κ2) is 10.6. The molecule has 0 spiro atoms. The van der Waals surface area contributed by atoms with Crippen molar-refractivity contribution in [1.82, 2.24) is 0 Å². The van der Waals surface area contributed by atoms with Crippen LogP contribution >= 0.6 is 11.6 Å². The van der Waals surface area contributed by atoms with Gasteiger partial charge in [0, 0.05) is 11.8 Å². The van der Waals surface area contributed by atoms with Crippen LogP contribution in [0.15, 0.2) is 60.2 Å². The van der Waals surface area contributed by atoms with Gasteiger partial charge in [-0.2, -0.15) is 0 Å². The molecule has 2 N–H and O–H groups in total. The molecule has 1 fully saturated rings. The Morgan fingerprint density at radius 1 is 0.946 bits per heavy atom. The molecule has 8 heteroatoms. The van der Waals surface area contributed by atoms with Crippen molar-refractivity contribution < 1.29 is 29.3 Å². The molecule has 4 rings (SSSR count). The summed E-state index contributed by atoms with van der Waals surface area (Å²) in [5, 5.41) is 21.6. The Morgan fingerprint density at radius 3 is 2.24 bits per heavy atom. The fraction of sp³-hybridized carbons (Fsp3) is 0.241. The summed E-state index contributed by atoms with van der Waals surface area (Å²) in [5.41, 5.74) is 2.90. The number of Topliss-reactive ketones (excluding diaryl/α,β-unsaturated/α-hetero) is 1. The van der Waals surface area contributed by atoms with E-state index in [-0.39, 0.29) is 27.7 Å². The van der Waals surface area contributed by atoms with Crippen molar-refractivity contribution in [2.45, 2.75) is 33.7 Å². The number of phenolic OH excluding ortho intramolecular Hbond substituents is 1. The third-order valence-electron chi connectivity index (χ3n) is 6.04. The molecule has 192 valence electrons. The van der Waals surface area contributed by atoms with Crippen molar-refractivity contribution in [3.8, 4) is 17.2 Å². The van der Waals surface area contributed by atoms with Crippen molar-refractivity contribution in [2.24, 2.45) is 0 Å². The van der Waals surface area contributed by atoms with Crippen molar-refractivity contribution in [2.75, 3.05) is 18.1 Å². The predicted octanol–water partition coefficient (Wildman–Crippen LogP) is 6.09. The lowest BCUT2D eigenvalue weighted by atomic mass is 9.94.